The fourth-order valence-corrected chi connectivity index (χ4v) is 7.55. The Kier molecular flexibility index (Phi) is 5.62. The van der Waals surface area contributed by atoms with Crippen LogP contribution in [0.15, 0.2) is 83.8 Å². The van der Waals surface area contributed by atoms with E-state index in [-0.39, 0.29) is 46.3 Å². The number of carbonyl (C=O) groups is 2. The van der Waals surface area contributed by atoms with Gasteiger partial charge in [-0.25, -0.2) is 13.3 Å². The van der Waals surface area contributed by atoms with Crippen LogP contribution < -0.4 is 19.1 Å². The molecule has 2 amide bonds. The molecule has 1 fully saturated rings. The molecule has 3 aromatic carbocycles. The number of imide groups is 1. The van der Waals surface area contributed by atoms with Crippen molar-refractivity contribution in [2.75, 3.05) is 23.8 Å². The molecule has 41 heavy (non-hydrogen) atoms. The summed E-state index contributed by atoms with van der Waals surface area (Å²) in [6.45, 7) is 0. The molecule has 206 valence electrons. The zero-order chi connectivity index (χ0) is 28.5. The number of rotatable bonds is 6. The van der Waals surface area contributed by atoms with Crippen molar-refractivity contribution < 1.29 is 27.5 Å². The van der Waals surface area contributed by atoms with Crippen LogP contribution in [0.5, 0.6) is 11.9 Å². The molecular weight excluding hydrogens is 544 g/mol. The van der Waals surface area contributed by atoms with Gasteiger partial charge in [0.25, 0.3) is 10.0 Å². The Balaban J connectivity index is 1.21. The summed E-state index contributed by atoms with van der Waals surface area (Å²) in [6, 6.07) is 23.0. The van der Waals surface area contributed by atoms with Crippen LogP contribution in [0.25, 0.3) is 0 Å². The molecule has 4 aliphatic rings. The number of hydrogen-bond donors (Lipinski definition) is 1. The van der Waals surface area contributed by atoms with E-state index in [1.165, 1.54) is 49.5 Å². The van der Waals surface area contributed by atoms with Gasteiger partial charge < -0.3 is 9.47 Å². The number of amides is 2. The third kappa shape index (κ3) is 3.72. The summed E-state index contributed by atoms with van der Waals surface area (Å²) in [4.78, 5) is 37.0. The summed E-state index contributed by atoms with van der Waals surface area (Å²) in [7, 11) is -1.33. The highest BCUT2D eigenvalue weighted by Gasteiger charge is 2.61. The second-order valence-corrected chi connectivity index (χ2v) is 11.8. The summed E-state index contributed by atoms with van der Waals surface area (Å²) in [5.41, 5.74) is 4.68. The molecule has 8 rings (SSSR count). The maximum atomic E-state index is 13.9. The fourth-order valence-electron chi connectivity index (χ4n) is 6.55. The Bertz CT molecular complexity index is 1700. The molecule has 1 aliphatic heterocycles. The highest BCUT2D eigenvalue weighted by atomic mass is 32.2. The Hall–Kier alpha value is -4.77. The van der Waals surface area contributed by atoms with E-state index in [0.29, 0.717) is 5.69 Å². The third-order valence-corrected chi connectivity index (χ3v) is 9.54. The van der Waals surface area contributed by atoms with Crippen LogP contribution in [0.3, 0.4) is 0 Å². The lowest BCUT2D eigenvalue weighted by molar-refractivity contribution is -0.122. The van der Waals surface area contributed by atoms with Crippen LogP contribution in [-0.2, 0) is 19.6 Å². The lowest BCUT2D eigenvalue weighted by atomic mass is 9.55. The van der Waals surface area contributed by atoms with Crippen LogP contribution in [0, 0.1) is 11.8 Å². The number of carbonyl (C=O) groups excluding carboxylic acids is 2. The molecule has 1 aromatic heterocycles. The summed E-state index contributed by atoms with van der Waals surface area (Å²) in [6.07, 6.45) is 0. The first kappa shape index (κ1) is 25.2. The molecule has 10 nitrogen and oxygen atoms in total. The molecule has 2 atom stereocenters. The number of hydrogen-bond acceptors (Lipinski definition) is 8. The number of benzene rings is 3. The molecule has 11 heteroatoms. The largest absolute Gasteiger partial charge is 0.481 e. The zero-order valence-electron chi connectivity index (χ0n) is 22.0. The lowest BCUT2D eigenvalue weighted by Crippen LogP contribution is -2.41. The summed E-state index contributed by atoms with van der Waals surface area (Å²) in [5, 5.41) is 0. The maximum absolute atomic E-state index is 13.9. The molecule has 1 N–H and O–H groups in total. The standard InChI is InChI=1S/C30H24N4O6S/c1-39-23-15-22(31-30(32-23)40-2)33-41(37,38)17-13-11-16(12-14-17)34-28(35)26-24-18-7-3-4-8-19(18)25(27(26)29(34)36)21-10-6-5-9-20(21)24/h3-15,24-27H,1-2H3,(H,31,32,33)/t24?,25?,26-,27-/m0/s1. The second kappa shape index (κ2) is 9.13. The van der Waals surface area contributed by atoms with Gasteiger partial charge in [0.2, 0.25) is 17.7 Å². The van der Waals surface area contributed by atoms with Crippen molar-refractivity contribution in [2.24, 2.45) is 11.8 Å². The fraction of sp³-hybridized carbons (Fsp3) is 0.200. The first-order valence-electron chi connectivity index (χ1n) is 13.0. The van der Waals surface area contributed by atoms with Crippen molar-refractivity contribution in [1.29, 1.82) is 0 Å². The number of anilines is 2. The van der Waals surface area contributed by atoms with E-state index < -0.39 is 21.9 Å². The van der Waals surface area contributed by atoms with Gasteiger partial charge in [-0.05, 0) is 46.5 Å². The van der Waals surface area contributed by atoms with Gasteiger partial charge >= 0.3 is 6.01 Å². The highest BCUT2D eigenvalue weighted by molar-refractivity contribution is 7.92. The van der Waals surface area contributed by atoms with Gasteiger partial charge in [0.1, 0.15) is 0 Å². The van der Waals surface area contributed by atoms with Gasteiger partial charge in [0.05, 0.1) is 36.6 Å². The smallest absolute Gasteiger partial charge is 0.321 e. The molecule has 0 unspecified atom stereocenters. The van der Waals surface area contributed by atoms with Gasteiger partial charge in [-0.1, -0.05) is 48.5 Å². The van der Waals surface area contributed by atoms with Crippen molar-refractivity contribution in [3.05, 3.63) is 101 Å². The monoisotopic (exact) mass is 568 g/mol. The number of methoxy groups -OCH3 is 2. The summed E-state index contributed by atoms with van der Waals surface area (Å²) >= 11 is 0. The van der Waals surface area contributed by atoms with Crippen LogP contribution in [0.4, 0.5) is 11.5 Å². The Morgan fingerprint density at radius 3 is 1.71 bits per heavy atom. The molecule has 0 saturated carbocycles. The van der Waals surface area contributed by atoms with E-state index in [1.54, 1.807) is 0 Å². The lowest BCUT2D eigenvalue weighted by Gasteiger charge is -2.45. The molecule has 0 spiro atoms. The van der Waals surface area contributed by atoms with Gasteiger partial charge in [-0.2, -0.15) is 9.97 Å². The number of aromatic nitrogens is 2. The quantitative estimate of drug-likeness (QED) is 0.349. The minimum Gasteiger partial charge on any atom is -0.481 e. The van der Waals surface area contributed by atoms with E-state index in [9.17, 15) is 18.0 Å². The first-order chi connectivity index (χ1) is 19.8. The first-order valence-corrected chi connectivity index (χ1v) is 14.5. The van der Waals surface area contributed by atoms with Crippen molar-refractivity contribution in [1.82, 2.24) is 9.97 Å². The maximum Gasteiger partial charge on any atom is 0.321 e. The average molecular weight is 569 g/mol. The molecule has 1 saturated heterocycles. The Morgan fingerprint density at radius 2 is 1.24 bits per heavy atom. The minimum absolute atomic E-state index is 0.0404. The van der Waals surface area contributed by atoms with Crippen molar-refractivity contribution >= 4 is 33.3 Å². The van der Waals surface area contributed by atoms with Crippen LogP contribution in [0.2, 0.25) is 0 Å². The highest BCUT2D eigenvalue weighted by Crippen LogP contribution is 2.61. The molecular formula is C30H24N4O6S. The molecule has 2 bridgehead atoms. The van der Waals surface area contributed by atoms with Crippen molar-refractivity contribution in [3.63, 3.8) is 0 Å². The summed E-state index contributed by atoms with van der Waals surface area (Å²) < 4.78 is 38.7. The van der Waals surface area contributed by atoms with E-state index in [0.717, 1.165) is 22.3 Å². The van der Waals surface area contributed by atoms with Gasteiger partial charge in [0.15, 0.2) is 5.82 Å². The van der Waals surface area contributed by atoms with Crippen molar-refractivity contribution in [2.45, 2.75) is 16.7 Å². The van der Waals surface area contributed by atoms with E-state index in [4.69, 9.17) is 9.47 Å². The van der Waals surface area contributed by atoms with Gasteiger partial charge in [0, 0.05) is 17.9 Å². The zero-order valence-corrected chi connectivity index (χ0v) is 22.8. The Morgan fingerprint density at radius 1 is 0.732 bits per heavy atom. The van der Waals surface area contributed by atoms with Crippen LogP contribution >= 0.6 is 0 Å². The molecule has 0 radical (unpaired) electrons. The van der Waals surface area contributed by atoms with Crippen molar-refractivity contribution in [3.8, 4) is 11.9 Å². The SMILES string of the molecule is COc1cc(NS(=O)(=O)c2ccc(N3C(=O)[C@H]4C5c6ccccc6C(c6ccccc65)[C@@H]4C3=O)cc2)nc(OC)n1. The normalized spacial score (nSPS) is 22.1. The van der Waals surface area contributed by atoms with E-state index in [1.807, 2.05) is 24.3 Å². The predicted molar refractivity (Wildman–Crippen MR) is 148 cm³/mol. The number of ether oxygens (including phenoxy) is 2. The molecule has 2 heterocycles. The van der Waals surface area contributed by atoms with Crippen LogP contribution in [-0.4, -0.2) is 44.4 Å². The molecule has 3 aliphatic carbocycles. The summed E-state index contributed by atoms with van der Waals surface area (Å²) in [5.74, 6) is -1.94. The van der Waals surface area contributed by atoms with E-state index in [2.05, 4.69) is 39.0 Å². The van der Waals surface area contributed by atoms with E-state index >= 15 is 0 Å². The topological polar surface area (TPSA) is 128 Å². The molecule has 4 aromatic rings. The number of sulfonamides is 1. The third-order valence-electron chi connectivity index (χ3n) is 8.17. The van der Waals surface area contributed by atoms with Gasteiger partial charge in [-0.3, -0.25) is 14.3 Å². The number of nitrogens with zero attached hydrogens (tertiary/aromatic N) is 3. The average Bonchev–Trinajstić information content (AvgIpc) is 3.26. The number of nitrogens with one attached hydrogen (secondary N) is 1. The Labute approximate surface area is 236 Å². The predicted octanol–water partition coefficient (Wildman–Crippen LogP) is 3.69. The minimum atomic E-state index is -4.07. The van der Waals surface area contributed by atoms with Crippen LogP contribution in [0.1, 0.15) is 34.1 Å². The second-order valence-electron chi connectivity index (χ2n) is 10.2. The van der Waals surface area contributed by atoms with Gasteiger partial charge in [-0.15, -0.1) is 0 Å².